The zero-order valence-electron chi connectivity index (χ0n) is 23.2. The van der Waals surface area contributed by atoms with Crippen LogP contribution in [0, 0.1) is 46.6 Å². The van der Waals surface area contributed by atoms with Crippen LogP contribution in [-0.2, 0) is 6.11 Å². The molecule has 230 valence electrons. The van der Waals surface area contributed by atoms with Gasteiger partial charge in [0, 0.05) is 17.2 Å². The Balaban J connectivity index is 1.36. The van der Waals surface area contributed by atoms with Crippen LogP contribution < -0.4 is 4.74 Å². The first-order chi connectivity index (χ1) is 20.9. The Morgan fingerprint density at radius 3 is 1.68 bits per heavy atom. The highest BCUT2D eigenvalue weighted by atomic mass is 19.3. The standard InChI is InChI=1S/C34H25F9O/c1-2-3-18-4-6-19(7-5-18)20-8-10-24(26(35)12-20)21-13-28(37)32(29(38)14-21)34(42,43)44-23-9-11-25(27(36)17-23)22-15-30(39)33(41)31(40)16-22/h2-3,8-19H,4-7H2,1H3. The molecule has 0 aliphatic heterocycles. The second-order valence-corrected chi connectivity index (χ2v) is 10.7. The maximum absolute atomic E-state index is 15.1. The van der Waals surface area contributed by atoms with Crippen LogP contribution in [0.4, 0.5) is 39.5 Å². The van der Waals surface area contributed by atoms with Crippen molar-refractivity contribution in [3.8, 4) is 28.0 Å². The van der Waals surface area contributed by atoms with Gasteiger partial charge in [-0.3, -0.25) is 0 Å². The van der Waals surface area contributed by atoms with Crippen LogP contribution in [0.3, 0.4) is 0 Å². The monoisotopic (exact) mass is 620 g/mol. The van der Waals surface area contributed by atoms with Crippen molar-refractivity contribution >= 4 is 0 Å². The molecule has 1 nitrogen and oxygen atoms in total. The van der Waals surface area contributed by atoms with Gasteiger partial charge in [0.05, 0.1) is 0 Å². The predicted octanol–water partition coefficient (Wildman–Crippen LogP) is 11.0. The van der Waals surface area contributed by atoms with Gasteiger partial charge in [-0.05, 0) is 104 Å². The van der Waals surface area contributed by atoms with Crippen molar-refractivity contribution in [2.75, 3.05) is 0 Å². The Morgan fingerprint density at radius 2 is 1.16 bits per heavy atom. The van der Waals surface area contributed by atoms with Crippen LogP contribution in [0.2, 0.25) is 0 Å². The van der Waals surface area contributed by atoms with E-state index in [9.17, 15) is 35.1 Å². The molecule has 0 N–H and O–H groups in total. The molecule has 0 radical (unpaired) electrons. The highest BCUT2D eigenvalue weighted by molar-refractivity contribution is 5.66. The third-order valence-corrected chi connectivity index (χ3v) is 7.83. The van der Waals surface area contributed by atoms with Gasteiger partial charge in [-0.1, -0.05) is 24.3 Å². The molecule has 0 bridgehead atoms. The maximum Gasteiger partial charge on any atom is 0.432 e. The molecule has 5 rings (SSSR count). The Bertz CT molecular complexity index is 1680. The fourth-order valence-corrected chi connectivity index (χ4v) is 5.65. The topological polar surface area (TPSA) is 9.23 Å². The summed E-state index contributed by atoms with van der Waals surface area (Å²) in [6, 6.07) is 8.44. The molecule has 0 spiro atoms. The summed E-state index contributed by atoms with van der Waals surface area (Å²) in [4.78, 5) is 0. The number of halogens is 9. The molecule has 1 saturated carbocycles. The van der Waals surface area contributed by atoms with Gasteiger partial charge in [-0.2, -0.15) is 8.78 Å². The summed E-state index contributed by atoms with van der Waals surface area (Å²) in [5.41, 5.74) is -2.44. The van der Waals surface area contributed by atoms with E-state index >= 15 is 4.39 Å². The van der Waals surface area contributed by atoms with Crippen molar-refractivity contribution in [1.29, 1.82) is 0 Å². The number of benzene rings is 4. The summed E-state index contributed by atoms with van der Waals surface area (Å²) >= 11 is 0. The molecule has 0 atom stereocenters. The lowest BCUT2D eigenvalue weighted by Gasteiger charge is -2.27. The molecule has 44 heavy (non-hydrogen) atoms. The van der Waals surface area contributed by atoms with Crippen molar-refractivity contribution in [1.82, 2.24) is 0 Å². The van der Waals surface area contributed by atoms with Crippen molar-refractivity contribution in [3.63, 3.8) is 0 Å². The largest absolute Gasteiger partial charge is 0.432 e. The minimum Gasteiger partial charge on any atom is -0.429 e. The van der Waals surface area contributed by atoms with Crippen molar-refractivity contribution in [2.45, 2.75) is 44.6 Å². The Hall–Kier alpha value is -4.21. The van der Waals surface area contributed by atoms with Gasteiger partial charge in [-0.25, -0.2) is 30.7 Å². The van der Waals surface area contributed by atoms with E-state index in [1.165, 1.54) is 12.1 Å². The SMILES string of the molecule is CC=CC1CCC(c2ccc(-c3cc(F)c(C(F)(F)Oc4ccc(-c5cc(F)c(F)c(F)c5)c(F)c4)c(F)c3)c(F)c2)CC1. The number of alkyl halides is 2. The fraction of sp³-hybridized carbons (Fsp3) is 0.235. The predicted molar refractivity (Wildman–Crippen MR) is 147 cm³/mol. The molecular formula is C34H25F9O. The first-order valence-electron chi connectivity index (χ1n) is 13.8. The normalized spacial score (nSPS) is 17.3. The summed E-state index contributed by atoms with van der Waals surface area (Å²) in [6.07, 6.45) is 3.14. The van der Waals surface area contributed by atoms with Crippen LogP contribution in [0.25, 0.3) is 22.3 Å². The fourth-order valence-electron chi connectivity index (χ4n) is 5.65. The minimum absolute atomic E-state index is 0.128. The van der Waals surface area contributed by atoms with Gasteiger partial charge < -0.3 is 4.74 Å². The molecule has 0 saturated heterocycles. The molecule has 0 amide bonds. The highest BCUT2D eigenvalue weighted by Crippen LogP contribution is 2.40. The minimum atomic E-state index is -4.65. The third kappa shape index (κ3) is 6.34. The van der Waals surface area contributed by atoms with E-state index in [0.717, 1.165) is 43.4 Å². The lowest BCUT2D eigenvalue weighted by Crippen LogP contribution is -2.25. The molecule has 0 unspecified atom stereocenters. The Morgan fingerprint density at radius 1 is 0.636 bits per heavy atom. The summed E-state index contributed by atoms with van der Waals surface area (Å²) in [6.45, 7) is 1.96. The summed E-state index contributed by atoms with van der Waals surface area (Å²) in [7, 11) is 0. The number of hydrogen-bond acceptors (Lipinski definition) is 1. The van der Waals surface area contributed by atoms with Crippen molar-refractivity contribution in [2.24, 2.45) is 5.92 Å². The van der Waals surface area contributed by atoms with Gasteiger partial charge in [0.15, 0.2) is 17.5 Å². The molecule has 1 fully saturated rings. The van der Waals surface area contributed by atoms with E-state index in [0.29, 0.717) is 36.2 Å². The van der Waals surface area contributed by atoms with Crippen LogP contribution in [-0.4, -0.2) is 0 Å². The lowest BCUT2D eigenvalue weighted by atomic mass is 9.78. The van der Waals surface area contributed by atoms with E-state index in [2.05, 4.69) is 10.8 Å². The quantitative estimate of drug-likeness (QED) is 0.114. The molecule has 0 aromatic heterocycles. The first kappa shape index (κ1) is 31.2. The number of ether oxygens (including phenoxy) is 1. The average molecular weight is 621 g/mol. The van der Waals surface area contributed by atoms with Gasteiger partial charge >= 0.3 is 6.11 Å². The average Bonchev–Trinajstić information content (AvgIpc) is 2.95. The zero-order chi connectivity index (χ0) is 31.8. The number of allylic oxidation sites excluding steroid dienone is 2. The van der Waals surface area contributed by atoms with Crippen LogP contribution in [0.1, 0.15) is 49.7 Å². The second kappa shape index (κ2) is 12.4. The number of hydrogen-bond donors (Lipinski definition) is 0. The molecule has 1 aliphatic carbocycles. The van der Waals surface area contributed by atoms with E-state index in [-0.39, 0.29) is 17.0 Å². The zero-order valence-corrected chi connectivity index (χ0v) is 23.2. The molecule has 4 aromatic carbocycles. The van der Waals surface area contributed by atoms with Crippen LogP contribution in [0.15, 0.2) is 72.8 Å². The van der Waals surface area contributed by atoms with Crippen LogP contribution >= 0.6 is 0 Å². The smallest absolute Gasteiger partial charge is 0.429 e. The van der Waals surface area contributed by atoms with Gasteiger partial charge in [0.2, 0.25) is 0 Å². The highest BCUT2D eigenvalue weighted by Gasteiger charge is 2.41. The molecule has 0 heterocycles. The van der Waals surface area contributed by atoms with Gasteiger partial charge in [0.1, 0.15) is 34.6 Å². The molecular weight excluding hydrogens is 595 g/mol. The van der Waals surface area contributed by atoms with E-state index in [4.69, 9.17) is 0 Å². The van der Waals surface area contributed by atoms with Gasteiger partial charge in [0.25, 0.3) is 0 Å². The van der Waals surface area contributed by atoms with E-state index < -0.39 is 69.3 Å². The van der Waals surface area contributed by atoms with Crippen LogP contribution in [0.5, 0.6) is 5.75 Å². The molecule has 1 aliphatic rings. The van der Waals surface area contributed by atoms with E-state index in [1.807, 2.05) is 13.0 Å². The molecule has 4 aromatic rings. The molecule has 10 heteroatoms. The summed E-state index contributed by atoms with van der Waals surface area (Å²) in [5, 5.41) is 0. The Kier molecular flexibility index (Phi) is 8.81. The number of rotatable bonds is 7. The summed E-state index contributed by atoms with van der Waals surface area (Å²) in [5.74, 6) is -10.8. The Labute approximate surface area is 247 Å². The van der Waals surface area contributed by atoms with Crippen molar-refractivity contribution < 1.29 is 44.3 Å². The second-order valence-electron chi connectivity index (χ2n) is 10.7. The van der Waals surface area contributed by atoms with Crippen molar-refractivity contribution in [3.05, 3.63) is 125 Å². The first-order valence-corrected chi connectivity index (χ1v) is 13.8. The van der Waals surface area contributed by atoms with Gasteiger partial charge in [-0.15, -0.1) is 0 Å². The third-order valence-electron chi connectivity index (χ3n) is 7.83. The van der Waals surface area contributed by atoms with E-state index in [1.54, 1.807) is 6.07 Å². The summed E-state index contributed by atoms with van der Waals surface area (Å²) < 4.78 is 134. The lowest BCUT2D eigenvalue weighted by molar-refractivity contribution is -0.189. The maximum atomic E-state index is 15.1.